The van der Waals surface area contributed by atoms with Crippen molar-refractivity contribution in [2.75, 3.05) is 23.5 Å². The zero-order valence-corrected chi connectivity index (χ0v) is 19.0. The zero-order chi connectivity index (χ0) is 22.9. The highest BCUT2D eigenvalue weighted by atomic mass is 33.2. The van der Waals surface area contributed by atoms with Gasteiger partial charge in [0.05, 0.1) is 12.4 Å². The third-order valence-electron chi connectivity index (χ3n) is 4.98. The molecular formula is C16H25N7O5S3. The van der Waals surface area contributed by atoms with Gasteiger partial charge in [-0.05, 0) is 29.2 Å². The molecule has 2 aromatic rings. The number of hydrogen-bond acceptors (Lipinski definition) is 11. The normalized spacial score (nSPS) is 27.6. The highest BCUT2D eigenvalue weighted by molar-refractivity contribution is 8.99. The molecule has 3 rings (SSSR count). The molecule has 172 valence electrons. The van der Waals surface area contributed by atoms with E-state index in [1.165, 1.54) is 28.0 Å². The van der Waals surface area contributed by atoms with Crippen LogP contribution < -0.4 is 17.2 Å². The van der Waals surface area contributed by atoms with Crippen molar-refractivity contribution in [2.24, 2.45) is 11.5 Å². The van der Waals surface area contributed by atoms with Crippen LogP contribution in [-0.2, 0) is 9.53 Å². The Kier molecular flexibility index (Phi) is 7.25. The van der Waals surface area contributed by atoms with Gasteiger partial charge in [0.2, 0.25) is 0 Å². The number of thiocarbonyl (C=S) groups is 1. The van der Waals surface area contributed by atoms with Crippen LogP contribution >= 0.6 is 32.1 Å². The Bertz CT molecular complexity index is 978. The fourth-order valence-corrected chi connectivity index (χ4v) is 9.61. The van der Waals surface area contributed by atoms with E-state index >= 15 is 0 Å². The quantitative estimate of drug-likeness (QED) is 0.197. The Hall–Kier alpha value is -1.75. The Balaban J connectivity index is 1.80. The molecule has 0 bridgehead atoms. The molecule has 1 fully saturated rings. The summed E-state index contributed by atoms with van der Waals surface area (Å²) in [7, 11) is -0.444. The van der Waals surface area contributed by atoms with E-state index in [0.717, 1.165) is 0 Å². The molecule has 2 aromatic heterocycles. The van der Waals surface area contributed by atoms with Crippen LogP contribution in [0.4, 0.5) is 5.82 Å². The summed E-state index contributed by atoms with van der Waals surface area (Å²) in [6.45, 7) is 0. The van der Waals surface area contributed by atoms with Gasteiger partial charge in [-0.25, -0.2) is 15.0 Å². The third kappa shape index (κ3) is 5.19. The number of aliphatic carboxylic acids is 1. The smallest absolute Gasteiger partial charge is 0.320 e. The Labute approximate surface area is 188 Å². The molecule has 0 aliphatic carbocycles. The summed E-state index contributed by atoms with van der Waals surface area (Å²) in [5, 5.41) is 30.4. The molecule has 0 radical (unpaired) electrons. The molecular weight excluding hydrogens is 466 g/mol. The van der Waals surface area contributed by atoms with Gasteiger partial charge < -0.3 is 37.3 Å². The zero-order valence-electron chi connectivity index (χ0n) is 16.6. The van der Waals surface area contributed by atoms with Crippen LogP contribution in [0, 0.1) is 0 Å². The Morgan fingerprint density at radius 2 is 2.10 bits per heavy atom. The van der Waals surface area contributed by atoms with Crippen LogP contribution in [0.5, 0.6) is 0 Å². The molecule has 9 N–H and O–H groups in total. The molecule has 6 atom stereocenters. The van der Waals surface area contributed by atoms with Crippen molar-refractivity contribution in [2.45, 2.75) is 37.0 Å². The van der Waals surface area contributed by atoms with E-state index in [0.29, 0.717) is 22.7 Å². The second-order valence-corrected chi connectivity index (χ2v) is 14.6. The van der Waals surface area contributed by atoms with Crippen molar-refractivity contribution in [3.8, 4) is 0 Å². The lowest BCUT2D eigenvalue weighted by Gasteiger charge is -2.37. The summed E-state index contributed by atoms with van der Waals surface area (Å²) in [6.07, 6.45) is 0.679. The van der Waals surface area contributed by atoms with Crippen molar-refractivity contribution in [3.05, 3.63) is 12.7 Å². The van der Waals surface area contributed by atoms with Crippen molar-refractivity contribution in [1.29, 1.82) is 0 Å². The monoisotopic (exact) mass is 491 g/mol. The number of hydrogen-bond donors (Lipinski definition) is 6. The number of carboxylic acid groups (broad SMARTS) is 1. The van der Waals surface area contributed by atoms with Crippen molar-refractivity contribution in [1.82, 2.24) is 19.5 Å². The summed E-state index contributed by atoms with van der Waals surface area (Å²) in [4.78, 5) is 23.3. The largest absolute Gasteiger partial charge is 0.480 e. The first-order chi connectivity index (χ1) is 14.5. The van der Waals surface area contributed by atoms with E-state index in [1.54, 1.807) is 0 Å². The van der Waals surface area contributed by atoms with Gasteiger partial charge in [-0.15, -0.1) is 0 Å². The molecule has 0 saturated carbocycles. The molecule has 1 aliphatic heterocycles. The number of aliphatic hydroxyl groups is 2. The molecule has 1 aliphatic rings. The minimum atomic E-state index is -1.71. The number of carbonyl (C=O) groups is 1. The number of ether oxygens (including phenoxy) is 1. The fourth-order valence-electron chi connectivity index (χ4n) is 3.36. The summed E-state index contributed by atoms with van der Waals surface area (Å²) < 4.78 is 7.71. The van der Waals surface area contributed by atoms with E-state index < -0.39 is 45.6 Å². The van der Waals surface area contributed by atoms with E-state index in [2.05, 4.69) is 15.0 Å². The van der Waals surface area contributed by atoms with Gasteiger partial charge in [-0.1, -0.05) is 12.2 Å². The maximum absolute atomic E-state index is 11.1. The van der Waals surface area contributed by atoms with Crippen molar-refractivity contribution in [3.63, 3.8) is 0 Å². The second-order valence-electron chi connectivity index (χ2n) is 7.32. The topological polar surface area (TPSA) is 209 Å². The van der Waals surface area contributed by atoms with Crippen LogP contribution in [0.1, 0.15) is 12.6 Å². The van der Waals surface area contributed by atoms with E-state index in [1.807, 2.05) is 6.26 Å². The van der Waals surface area contributed by atoms with Crippen LogP contribution in [0.3, 0.4) is 0 Å². The molecule has 31 heavy (non-hydrogen) atoms. The summed E-state index contributed by atoms with van der Waals surface area (Å²) in [5.74, 6) is -0.149. The Morgan fingerprint density at radius 3 is 2.74 bits per heavy atom. The third-order valence-corrected chi connectivity index (χ3v) is 10.9. The fraction of sp³-hybridized carbons (Fsp3) is 0.562. The molecule has 1 unspecified atom stereocenters. The van der Waals surface area contributed by atoms with Crippen LogP contribution in [0.2, 0.25) is 0 Å². The first kappa shape index (κ1) is 23.9. The van der Waals surface area contributed by atoms with E-state index in [4.69, 9.17) is 39.3 Å². The number of aromatic nitrogens is 4. The lowest BCUT2D eigenvalue weighted by molar-refractivity contribution is -0.138. The predicted octanol–water partition coefficient (Wildman–Crippen LogP) is -0.844. The molecule has 1 saturated heterocycles. The minimum absolute atomic E-state index is 0.188. The number of anilines is 1. The van der Waals surface area contributed by atoms with Gasteiger partial charge in [-0.3, -0.25) is 9.36 Å². The maximum atomic E-state index is 11.1. The SMILES string of the molecule is CS(CC[C@H](N)C(=O)O)(C[C@H]1O[C@@H](n2cnc3c(N)ncnc32)[C@H](O)[C@@H]1O)SC(N)=S. The minimum Gasteiger partial charge on any atom is -0.480 e. The first-order valence-electron chi connectivity index (χ1n) is 9.18. The van der Waals surface area contributed by atoms with Crippen LogP contribution in [-0.4, -0.2) is 87.2 Å². The lowest BCUT2D eigenvalue weighted by atomic mass is 10.1. The number of nitrogens with two attached hydrogens (primary N) is 3. The second kappa shape index (κ2) is 9.40. The maximum Gasteiger partial charge on any atom is 0.320 e. The number of nitrogens with zero attached hydrogens (tertiary/aromatic N) is 4. The lowest BCUT2D eigenvalue weighted by Crippen LogP contribution is -2.36. The average molecular weight is 492 g/mol. The number of nitrogen functional groups attached to an aromatic ring is 1. The molecule has 0 aromatic carbocycles. The standard InChI is InChI=1S/C16H25N7O5S3/c1-31(30-16(19)29,3-2-7(17)15(26)27)4-8-10(24)11(25)14(28-8)23-6-22-9-12(18)20-5-21-13(9)23/h5-8,10-11,14,24-25H,2-4,17H2,1H3,(H2,19,29)(H,26,27)(H2,18,20,21)/t7-,8+,10+,11+,14+/m0/s1. The van der Waals surface area contributed by atoms with Gasteiger partial charge >= 0.3 is 5.97 Å². The van der Waals surface area contributed by atoms with E-state index in [9.17, 15) is 15.0 Å². The number of fused-ring (bicyclic) bond motifs is 1. The van der Waals surface area contributed by atoms with Gasteiger partial charge in [0, 0.05) is 5.75 Å². The highest BCUT2D eigenvalue weighted by Crippen LogP contribution is 2.59. The first-order valence-corrected chi connectivity index (χ1v) is 13.3. The van der Waals surface area contributed by atoms with E-state index in [-0.39, 0.29) is 16.6 Å². The van der Waals surface area contributed by atoms with Gasteiger partial charge in [-0.2, -0.15) is 9.06 Å². The van der Waals surface area contributed by atoms with Gasteiger partial charge in [0.25, 0.3) is 0 Å². The molecule has 0 amide bonds. The van der Waals surface area contributed by atoms with Gasteiger partial charge in [0.1, 0.15) is 34.4 Å². The van der Waals surface area contributed by atoms with Crippen molar-refractivity contribution >= 4 is 59.3 Å². The molecule has 0 spiro atoms. The van der Waals surface area contributed by atoms with Crippen LogP contribution in [0.25, 0.3) is 11.2 Å². The summed E-state index contributed by atoms with van der Waals surface area (Å²) >= 11 is 5.04. The molecule has 15 heteroatoms. The summed E-state index contributed by atoms with van der Waals surface area (Å²) in [5.41, 5.74) is 17.9. The van der Waals surface area contributed by atoms with Crippen molar-refractivity contribution < 1.29 is 24.9 Å². The van der Waals surface area contributed by atoms with Gasteiger partial charge in [0.15, 0.2) is 17.7 Å². The summed E-state index contributed by atoms with van der Waals surface area (Å²) in [6, 6.07) is -1.02. The Morgan fingerprint density at radius 1 is 1.39 bits per heavy atom. The number of carboxylic acids is 1. The average Bonchev–Trinajstić information content (AvgIpc) is 3.23. The number of rotatable bonds is 8. The number of imidazole rings is 1. The molecule has 3 heterocycles. The molecule has 12 nitrogen and oxygen atoms in total. The predicted molar refractivity (Wildman–Crippen MR) is 124 cm³/mol. The highest BCUT2D eigenvalue weighted by Gasteiger charge is 2.46. The van der Waals surface area contributed by atoms with Crippen LogP contribution in [0.15, 0.2) is 12.7 Å². The number of aliphatic hydroxyl groups excluding tert-OH is 2.